The van der Waals surface area contributed by atoms with E-state index in [9.17, 15) is 4.79 Å². The number of hydrogen-bond acceptors (Lipinski definition) is 3. The van der Waals surface area contributed by atoms with Gasteiger partial charge in [0.05, 0.1) is 13.1 Å². The van der Waals surface area contributed by atoms with Gasteiger partial charge in [-0.1, -0.05) is 15.9 Å². The first kappa shape index (κ1) is 14.8. The molecule has 0 aromatic rings. The largest absolute Gasteiger partial charge is 0.444 e. The van der Waals surface area contributed by atoms with Crippen molar-refractivity contribution in [2.75, 3.05) is 25.0 Å². The number of alkyl halides is 1. The Morgan fingerprint density at radius 2 is 2.00 bits per heavy atom. The van der Waals surface area contributed by atoms with Crippen LogP contribution in [0.5, 0.6) is 0 Å². The minimum absolute atomic E-state index is 0.195. The number of nitrogens with zero attached hydrogens (tertiary/aromatic N) is 1. The number of carbonyl (C=O) groups excluding carboxylic acids is 1. The Balaban J connectivity index is 2.28. The number of likely N-dealkylation sites (tertiary alicyclic amines) is 1. The standard InChI is InChI=1S/C12H22BrNO3/c1-11(2,3)17-10(15)14-8-12(4,9-14)16-7-5-6-13/h5-9H2,1-4H3. The highest BCUT2D eigenvalue weighted by Crippen LogP contribution is 2.26. The molecule has 5 heteroatoms. The predicted octanol–water partition coefficient (Wildman–Crippen LogP) is 2.80. The van der Waals surface area contributed by atoms with Gasteiger partial charge in [-0.05, 0) is 34.1 Å². The van der Waals surface area contributed by atoms with E-state index in [0.29, 0.717) is 13.1 Å². The van der Waals surface area contributed by atoms with Gasteiger partial charge in [-0.25, -0.2) is 4.79 Å². The van der Waals surface area contributed by atoms with Crippen molar-refractivity contribution in [1.29, 1.82) is 0 Å². The van der Waals surface area contributed by atoms with Crippen molar-refractivity contribution in [2.24, 2.45) is 0 Å². The van der Waals surface area contributed by atoms with Gasteiger partial charge < -0.3 is 14.4 Å². The van der Waals surface area contributed by atoms with E-state index in [1.165, 1.54) is 0 Å². The maximum atomic E-state index is 11.7. The van der Waals surface area contributed by atoms with Gasteiger partial charge in [-0.3, -0.25) is 0 Å². The van der Waals surface area contributed by atoms with Crippen molar-refractivity contribution in [3.05, 3.63) is 0 Å². The lowest BCUT2D eigenvalue weighted by Crippen LogP contribution is -2.63. The lowest BCUT2D eigenvalue weighted by atomic mass is 9.97. The van der Waals surface area contributed by atoms with E-state index < -0.39 is 5.60 Å². The highest BCUT2D eigenvalue weighted by Gasteiger charge is 2.43. The molecule has 0 N–H and O–H groups in total. The van der Waals surface area contributed by atoms with Crippen LogP contribution in [0.4, 0.5) is 4.79 Å². The van der Waals surface area contributed by atoms with Crippen LogP contribution in [0.15, 0.2) is 0 Å². The molecule has 0 aromatic carbocycles. The summed E-state index contributed by atoms with van der Waals surface area (Å²) in [4.78, 5) is 13.4. The zero-order valence-corrected chi connectivity index (χ0v) is 12.7. The first-order chi connectivity index (χ1) is 7.76. The van der Waals surface area contributed by atoms with E-state index in [0.717, 1.165) is 18.4 Å². The fraction of sp³-hybridized carbons (Fsp3) is 0.917. The van der Waals surface area contributed by atoms with Gasteiger partial charge in [0, 0.05) is 11.9 Å². The molecule has 0 radical (unpaired) electrons. The van der Waals surface area contributed by atoms with Gasteiger partial charge in [0.2, 0.25) is 0 Å². The molecule has 0 atom stereocenters. The second kappa shape index (κ2) is 5.57. The third-order valence-corrected chi connectivity index (χ3v) is 2.99. The number of ether oxygens (including phenoxy) is 2. The number of rotatable bonds is 4. The molecule has 1 heterocycles. The van der Waals surface area contributed by atoms with Crippen LogP contribution in [0.2, 0.25) is 0 Å². The van der Waals surface area contributed by atoms with Crippen molar-refractivity contribution in [3.63, 3.8) is 0 Å². The highest BCUT2D eigenvalue weighted by molar-refractivity contribution is 9.09. The van der Waals surface area contributed by atoms with Crippen molar-refractivity contribution in [1.82, 2.24) is 4.90 Å². The number of hydrogen-bond donors (Lipinski definition) is 0. The molecule has 4 nitrogen and oxygen atoms in total. The summed E-state index contributed by atoms with van der Waals surface area (Å²) in [5, 5.41) is 0.943. The Morgan fingerprint density at radius 1 is 1.41 bits per heavy atom. The monoisotopic (exact) mass is 307 g/mol. The van der Waals surface area contributed by atoms with E-state index >= 15 is 0 Å². The van der Waals surface area contributed by atoms with E-state index in [-0.39, 0.29) is 11.7 Å². The Labute approximate surface area is 112 Å². The van der Waals surface area contributed by atoms with Crippen LogP contribution in [0.3, 0.4) is 0 Å². The molecular weight excluding hydrogens is 286 g/mol. The van der Waals surface area contributed by atoms with E-state index in [2.05, 4.69) is 15.9 Å². The molecule has 0 bridgehead atoms. The Kier molecular flexibility index (Phi) is 4.84. The first-order valence-corrected chi connectivity index (χ1v) is 7.06. The summed E-state index contributed by atoms with van der Waals surface area (Å²) in [7, 11) is 0. The summed E-state index contributed by atoms with van der Waals surface area (Å²) < 4.78 is 11.0. The number of amides is 1. The number of carbonyl (C=O) groups is 1. The quantitative estimate of drug-likeness (QED) is 0.592. The molecule has 1 saturated heterocycles. The van der Waals surface area contributed by atoms with Crippen LogP contribution in [0, 0.1) is 0 Å². The molecule has 0 aliphatic carbocycles. The zero-order chi connectivity index (χ0) is 13.1. The smallest absolute Gasteiger partial charge is 0.410 e. The van der Waals surface area contributed by atoms with Crippen molar-refractivity contribution in [3.8, 4) is 0 Å². The molecule has 100 valence electrons. The third kappa shape index (κ3) is 4.84. The maximum Gasteiger partial charge on any atom is 0.410 e. The molecule has 1 amide bonds. The molecule has 1 rings (SSSR count). The average Bonchev–Trinajstić information content (AvgIpc) is 2.11. The average molecular weight is 308 g/mol. The Hall–Kier alpha value is -0.290. The topological polar surface area (TPSA) is 38.8 Å². The maximum absolute atomic E-state index is 11.7. The summed E-state index contributed by atoms with van der Waals surface area (Å²) in [6.45, 7) is 9.60. The van der Waals surface area contributed by atoms with Gasteiger partial charge in [0.15, 0.2) is 0 Å². The molecular formula is C12H22BrNO3. The molecule has 1 aliphatic rings. The molecule has 1 fully saturated rings. The van der Waals surface area contributed by atoms with Gasteiger partial charge in [0.1, 0.15) is 11.2 Å². The van der Waals surface area contributed by atoms with E-state index in [4.69, 9.17) is 9.47 Å². The third-order valence-electron chi connectivity index (χ3n) is 2.43. The fourth-order valence-electron chi connectivity index (χ4n) is 1.68. The van der Waals surface area contributed by atoms with E-state index in [1.807, 2.05) is 27.7 Å². The summed E-state index contributed by atoms with van der Waals surface area (Å²) in [6.07, 6.45) is 0.737. The Morgan fingerprint density at radius 3 is 2.47 bits per heavy atom. The summed E-state index contributed by atoms with van der Waals surface area (Å²) >= 11 is 3.36. The van der Waals surface area contributed by atoms with Crippen LogP contribution in [0.1, 0.15) is 34.1 Å². The second-order valence-corrected chi connectivity index (χ2v) is 6.47. The molecule has 0 aromatic heterocycles. The summed E-state index contributed by atoms with van der Waals surface area (Å²) in [5.41, 5.74) is -0.626. The van der Waals surface area contributed by atoms with Crippen LogP contribution in [-0.2, 0) is 9.47 Å². The highest BCUT2D eigenvalue weighted by atomic mass is 79.9. The van der Waals surface area contributed by atoms with Gasteiger partial charge in [0.25, 0.3) is 0 Å². The molecule has 0 unspecified atom stereocenters. The summed E-state index contributed by atoms with van der Waals surface area (Å²) in [5.74, 6) is 0. The van der Waals surface area contributed by atoms with Gasteiger partial charge in [-0.15, -0.1) is 0 Å². The minimum Gasteiger partial charge on any atom is -0.444 e. The zero-order valence-electron chi connectivity index (χ0n) is 11.1. The second-order valence-electron chi connectivity index (χ2n) is 5.68. The van der Waals surface area contributed by atoms with Crippen LogP contribution in [-0.4, -0.2) is 47.2 Å². The lowest BCUT2D eigenvalue weighted by Gasteiger charge is -2.47. The Bertz CT molecular complexity index is 269. The van der Waals surface area contributed by atoms with Gasteiger partial charge >= 0.3 is 6.09 Å². The van der Waals surface area contributed by atoms with Crippen LogP contribution in [0.25, 0.3) is 0 Å². The minimum atomic E-state index is -0.431. The normalized spacial score (nSPS) is 18.8. The van der Waals surface area contributed by atoms with Crippen LogP contribution >= 0.6 is 15.9 Å². The van der Waals surface area contributed by atoms with Crippen molar-refractivity contribution in [2.45, 2.75) is 45.3 Å². The van der Waals surface area contributed by atoms with Crippen molar-refractivity contribution >= 4 is 22.0 Å². The van der Waals surface area contributed by atoms with Crippen molar-refractivity contribution < 1.29 is 14.3 Å². The molecule has 0 spiro atoms. The lowest BCUT2D eigenvalue weighted by molar-refractivity contribution is -0.128. The first-order valence-electron chi connectivity index (χ1n) is 5.94. The van der Waals surface area contributed by atoms with E-state index in [1.54, 1.807) is 4.90 Å². The molecule has 1 aliphatic heterocycles. The SMILES string of the molecule is CC(C)(C)OC(=O)N1CC(C)(OCCCBr)C1. The van der Waals surface area contributed by atoms with Crippen LogP contribution < -0.4 is 0 Å². The summed E-state index contributed by atoms with van der Waals surface area (Å²) in [6, 6.07) is 0. The fourth-order valence-corrected chi connectivity index (χ4v) is 1.91. The van der Waals surface area contributed by atoms with Gasteiger partial charge in [-0.2, -0.15) is 0 Å². The predicted molar refractivity (Wildman–Crippen MR) is 70.6 cm³/mol. The molecule has 17 heavy (non-hydrogen) atoms. The molecule has 0 saturated carbocycles. The number of halogens is 1.